The fourth-order valence-electron chi connectivity index (χ4n) is 2.42. The predicted molar refractivity (Wildman–Crippen MR) is 75.5 cm³/mol. The van der Waals surface area contributed by atoms with Crippen molar-refractivity contribution in [3.63, 3.8) is 0 Å². The molecule has 0 saturated heterocycles. The Balaban J connectivity index is 2.57. The van der Waals surface area contributed by atoms with Gasteiger partial charge >= 0.3 is 0 Å². The van der Waals surface area contributed by atoms with Crippen molar-refractivity contribution in [1.82, 2.24) is 14.5 Å². The summed E-state index contributed by atoms with van der Waals surface area (Å²) in [5, 5.41) is 24.7. The van der Waals surface area contributed by atoms with E-state index in [2.05, 4.69) is 5.10 Å². The Morgan fingerprint density at radius 3 is 2.85 bits per heavy atom. The SMILES string of the molecule is Cc1nn(CCO)c2c1c(=O)c1cc(Cl)ccc1n2O. The topological polar surface area (TPSA) is 80.3 Å². The lowest BCUT2D eigenvalue weighted by Crippen LogP contribution is -2.13. The molecule has 1 aromatic carbocycles. The van der Waals surface area contributed by atoms with Gasteiger partial charge in [0, 0.05) is 5.02 Å². The van der Waals surface area contributed by atoms with Crippen LogP contribution in [0.1, 0.15) is 5.69 Å². The molecule has 0 radical (unpaired) electrons. The molecule has 0 bridgehead atoms. The molecule has 104 valence electrons. The van der Waals surface area contributed by atoms with Crippen molar-refractivity contribution in [2.24, 2.45) is 0 Å². The van der Waals surface area contributed by atoms with E-state index in [1.165, 1.54) is 10.7 Å². The van der Waals surface area contributed by atoms with Gasteiger partial charge in [-0.1, -0.05) is 11.6 Å². The molecule has 0 fully saturated rings. The van der Waals surface area contributed by atoms with Gasteiger partial charge in [0.2, 0.25) is 5.43 Å². The fourth-order valence-corrected chi connectivity index (χ4v) is 2.60. The van der Waals surface area contributed by atoms with E-state index >= 15 is 0 Å². The third-order valence-corrected chi connectivity index (χ3v) is 3.51. The first-order valence-corrected chi connectivity index (χ1v) is 6.44. The number of rotatable bonds is 2. The van der Waals surface area contributed by atoms with E-state index in [0.29, 0.717) is 27.0 Å². The first-order chi connectivity index (χ1) is 9.54. The van der Waals surface area contributed by atoms with Crippen molar-refractivity contribution in [2.45, 2.75) is 13.5 Å². The number of fused-ring (bicyclic) bond motifs is 2. The molecule has 20 heavy (non-hydrogen) atoms. The molecule has 0 aliphatic carbocycles. The van der Waals surface area contributed by atoms with Gasteiger partial charge in [-0.2, -0.15) is 9.83 Å². The predicted octanol–water partition coefficient (Wildman–Crippen LogP) is 1.54. The molecule has 2 N–H and O–H groups in total. The highest BCUT2D eigenvalue weighted by molar-refractivity contribution is 6.31. The van der Waals surface area contributed by atoms with Crippen LogP contribution in [0.5, 0.6) is 0 Å². The number of nitrogens with zero attached hydrogens (tertiary/aromatic N) is 3. The summed E-state index contributed by atoms with van der Waals surface area (Å²) in [6.45, 7) is 1.75. The molecule has 6 nitrogen and oxygen atoms in total. The Morgan fingerprint density at radius 2 is 2.15 bits per heavy atom. The summed E-state index contributed by atoms with van der Waals surface area (Å²) in [7, 11) is 0. The molecule has 7 heteroatoms. The standard InChI is InChI=1S/C13H12ClN3O3/c1-7-11-12(19)9-6-8(14)2-3-10(9)17(20)13(11)16(15-7)4-5-18/h2-3,6,18,20H,4-5H2,1H3. The van der Waals surface area contributed by atoms with Crippen LogP contribution in [-0.4, -0.2) is 31.4 Å². The molecular formula is C13H12ClN3O3. The number of aliphatic hydroxyl groups is 1. The monoisotopic (exact) mass is 293 g/mol. The smallest absolute Gasteiger partial charge is 0.201 e. The first kappa shape index (κ1) is 13.0. The molecule has 3 aromatic rings. The van der Waals surface area contributed by atoms with Crippen molar-refractivity contribution >= 4 is 33.5 Å². The van der Waals surface area contributed by atoms with E-state index < -0.39 is 0 Å². The van der Waals surface area contributed by atoms with Crippen LogP contribution in [0.25, 0.3) is 21.9 Å². The van der Waals surface area contributed by atoms with Crippen LogP contribution in [0, 0.1) is 6.92 Å². The third kappa shape index (κ3) is 1.69. The maximum absolute atomic E-state index is 12.5. The van der Waals surface area contributed by atoms with Gasteiger partial charge < -0.3 is 10.3 Å². The number of pyridine rings is 1. The Labute approximate surface area is 118 Å². The average molecular weight is 294 g/mol. The second-order valence-electron chi connectivity index (χ2n) is 4.53. The van der Waals surface area contributed by atoms with Gasteiger partial charge in [-0.05, 0) is 25.1 Å². The Hall–Kier alpha value is -2.05. The fraction of sp³-hybridized carbons (Fsp3) is 0.231. The second-order valence-corrected chi connectivity index (χ2v) is 4.97. The normalized spacial score (nSPS) is 11.6. The van der Waals surface area contributed by atoms with Crippen molar-refractivity contribution in [3.8, 4) is 0 Å². The molecule has 0 saturated carbocycles. The minimum absolute atomic E-state index is 0.136. The minimum atomic E-state index is -0.232. The van der Waals surface area contributed by atoms with E-state index in [1.807, 2.05) is 0 Å². The number of aryl methyl sites for hydroxylation is 1. The summed E-state index contributed by atoms with van der Waals surface area (Å²) in [5.74, 6) is 0. The van der Waals surface area contributed by atoms with E-state index in [4.69, 9.17) is 16.7 Å². The van der Waals surface area contributed by atoms with E-state index in [9.17, 15) is 10.0 Å². The van der Waals surface area contributed by atoms with Gasteiger partial charge in [0.25, 0.3) is 0 Å². The summed E-state index contributed by atoms with van der Waals surface area (Å²) in [4.78, 5) is 12.5. The summed E-state index contributed by atoms with van der Waals surface area (Å²) in [6, 6.07) is 4.69. The molecule has 2 aromatic heterocycles. The molecule has 0 aliphatic heterocycles. The first-order valence-electron chi connectivity index (χ1n) is 6.06. The molecule has 0 aliphatic rings. The molecule has 0 unspecified atom stereocenters. The highest BCUT2D eigenvalue weighted by atomic mass is 35.5. The van der Waals surface area contributed by atoms with E-state index in [0.717, 1.165) is 4.73 Å². The summed E-state index contributed by atoms with van der Waals surface area (Å²) < 4.78 is 2.33. The number of benzene rings is 1. The molecular weight excluding hydrogens is 282 g/mol. The summed E-state index contributed by atoms with van der Waals surface area (Å²) in [5.41, 5.74) is 0.898. The second kappa shape index (κ2) is 4.50. The van der Waals surface area contributed by atoms with E-state index in [1.54, 1.807) is 19.1 Å². The summed E-state index contributed by atoms with van der Waals surface area (Å²) >= 11 is 5.91. The maximum Gasteiger partial charge on any atom is 0.201 e. The van der Waals surface area contributed by atoms with Gasteiger partial charge in [0.05, 0.1) is 35.1 Å². The van der Waals surface area contributed by atoms with Crippen molar-refractivity contribution in [2.75, 3.05) is 6.61 Å². The third-order valence-electron chi connectivity index (χ3n) is 3.27. The molecule has 0 amide bonds. The van der Waals surface area contributed by atoms with E-state index in [-0.39, 0.29) is 24.2 Å². The Kier molecular flexibility index (Phi) is 2.92. The summed E-state index contributed by atoms with van der Waals surface area (Å²) in [6.07, 6.45) is 0. The Bertz CT molecular complexity index is 882. The van der Waals surface area contributed by atoms with Crippen LogP contribution < -0.4 is 5.43 Å². The number of hydrogen-bond acceptors (Lipinski definition) is 4. The van der Waals surface area contributed by atoms with Gasteiger partial charge in [0.1, 0.15) is 0 Å². The van der Waals surface area contributed by atoms with Crippen molar-refractivity contribution in [3.05, 3.63) is 39.1 Å². The lowest BCUT2D eigenvalue weighted by Gasteiger charge is -2.08. The van der Waals surface area contributed by atoms with Crippen LogP contribution in [0.4, 0.5) is 0 Å². The zero-order valence-corrected chi connectivity index (χ0v) is 11.4. The van der Waals surface area contributed by atoms with Crippen LogP contribution in [-0.2, 0) is 6.54 Å². The van der Waals surface area contributed by atoms with Crippen molar-refractivity contribution < 1.29 is 10.3 Å². The molecule has 0 atom stereocenters. The Morgan fingerprint density at radius 1 is 1.40 bits per heavy atom. The van der Waals surface area contributed by atoms with Gasteiger partial charge in [-0.25, -0.2) is 4.68 Å². The van der Waals surface area contributed by atoms with Gasteiger partial charge in [-0.3, -0.25) is 4.79 Å². The molecule has 3 rings (SSSR count). The van der Waals surface area contributed by atoms with Crippen LogP contribution in [0.15, 0.2) is 23.0 Å². The average Bonchev–Trinajstić information content (AvgIpc) is 2.73. The zero-order chi connectivity index (χ0) is 14.4. The lowest BCUT2D eigenvalue weighted by atomic mass is 10.1. The minimum Gasteiger partial charge on any atom is -0.426 e. The quantitative estimate of drug-likeness (QED) is 0.702. The van der Waals surface area contributed by atoms with Crippen LogP contribution >= 0.6 is 11.6 Å². The molecule has 2 heterocycles. The number of aliphatic hydroxyl groups excluding tert-OH is 1. The van der Waals surface area contributed by atoms with Crippen LogP contribution in [0.3, 0.4) is 0 Å². The maximum atomic E-state index is 12.5. The van der Waals surface area contributed by atoms with Gasteiger partial charge in [-0.15, -0.1) is 0 Å². The number of halogens is 1. The lowest BCUT2D eigenvalue weighted by molar-refractivity contribution is 0.203. The largest absolute Gasteiger partial charge is 0.426 e. The zero-order valence-electron chi connectivity index (χ0n) is 10.7. The highest BCUT2D eigenvalue weighted by Crippen LogP contribution is 2.22. The highest BCUT2D eigenvalue weighted by Gasteiger charge is 2.18. The number of hydrogen-bond donors (Lipinski definition) is 2. The van der Waals surface area contributed by atoms with Crippen molar-refractivity contribution in [1.29, 1.82) is 0 Å². The van der Waals surface area contributed by atoms with Crippen LogP contribution in [0.2, 0.25) is 5.02 Å². The molecule has 0 spiro atoms. The number of aromatic nitrogens is 3. The van der Waals surface area contributed by atoms with Gasteiger partial charge in [0.15, 0.2) is 5.65 Å².